The summed E-state index contributed by atoms with van der Waals surface area (Å²) in [6.07, 6.45) is 0.645. The number of para-hydroxylation sites is 1. The summed E-state index contributed by atoms with van der Waals surface area (Å²) < 4.78 is 28.3. The summed E-state index contributed by atoms with van der Waals surface area (Å²) in [5, 5.41) is 4.92. The summed E-state index contributed by atoms with van der Waals surface area (Å²) in [5.41, 5.74) is 4.42. The summed E-state index contributed by atoms with van der Waals surface area (Å²) in [4.78, 5) is 2.04. The van der Waals surface area contributed by atoms with E-state index in [0.717, 1.165) is 22.6 Å². The molecule has 0 radical (unpaired) electrons. The van der Waals surface area contributed by atoms with Gasteiger partial charge in [-0.25, -0.2) is 13.1 Å². The predicted octanol–water partition coefficient (Wildman–Crippen LogP) is 4.75. The number of benzene rings is 2. The van der Waals surface area contributed by atoms with Crippen molar-refractivity contribution in [1.82, 2.24) is 19.2 Å². The van der Waals surface area contributed by atoms with Crippen LogP contribution >= 0.6 is 12.2 Å². The average molecular weight is 485 g/mol. The van der Waals surface area contributed by atoms with Gasteiger partial charge in [0, 0.05) is 11.6 Å². The zero-order valence-electron chi connectivity index (χ0n) is 19.9. The highest BCUT2D eigenvalue weighted by Crippen LogP contribution is 2.28. The Bertz CT molecular complexity index is 1320. The van der Waals surface area contributed by atoms with Crippen LogP contribution in [-0.4, -0.2) is 52.3 Å². The Kier molecular flexibility index (Phi) is 6.37. The van der Waals surface area contributed by atoms with Crippen LogP contribution in [0.2, 0.25) is 0 Å². The lowest BCUT2D eigenvalue weighted by Crippen LogP contribution is -2.34. The van der Waals surface area contributed by atoms with Crippen molar-refractivity contribution in [3.63, 3.8) is 0 Å². The van der Waals surface area contributed by atoms with E-state index in [1.165, 1.54) is 5.56 Å². The van der Waals surface area contributed by atoms with E-state index in [1.807, 2.05) is 28.6 Å². The van der Waals surface area contributed by atoms with Gasteiger partial charge in [-0.1, -0.05) is 63.2 Å². The third-order valence-electron chi connectivity index (χ3n) is 6.39. The van der Waals surface area contributed by atoms with Crippen LogP contribution in [-0.2, 0) is 21.9 Å². The van der Waals surface area contributed by atoms with E-state index in [2.05, 4.69) is 64.1 Å². The highest BCUT2D eigenvalue weighted by atomic mass is 32.2. The van der Waals surface area contributed by atoms with Crippen LogP contribution in [0.25, 0.3) is 17.1 Å². The second kappa shape index (κ2) is 8.81. The fraction of sp³-hybridized carbons (Fsp3) is 0.440. The number of nitrogens with zero attached hydrogens (tertiary/aromatic N) is 4. The Morgan fingerprint density at radius 3 is 2.36 bits per heavy atom. The topological polar surface area (TPSA) is 60.1 Å². The minimum Gasteiger partial charge on any atom is -0.283 e. The van der Waals surface area contributed by atoms with Gasteiger partial charge in [0.25, 0.3) is 0 Å². The fourth-order valence-corrected chi connectivity index (χ4v) is 6.38. The molecule has 2 aromatic carbocycles. The first-order valence-corrected chi connectivity index (χ1v) is 13.5. The molecule has 1 atom stereocenters. The second-order valence-corrected chi connectivity index (χ2v) is 12.6. The molecule has 1 aliphatic rings. The summed E-state index contributed by atoms with van der Waals surface area (Å²) in [6.45, 7) is 9.10. The molecule has 0 bridgehead atoms. The van der Waals surface area contributed by atoms with Crippen molar-refractivity contribution < 1.29 is 8.42 Å². The Labute approximate surface area is 201 Å². The van der Waals surface area contributed by atoms with E-state index >= 15 is 0 Å². The van der Waals surface area contributed by atoms with E-state index < -0.39 is 9.84 Å². The van der Waals surface area contributed by atoms with Gasteiger partial charge in [0.2, 0.25) is 4.77 Å². The van der Waals surface area contributed by atoms with Crippen molar-refractivity contribution in [2.24, 2.45) is 0 Å². The van der Waals surface area contributed by atoms with Gasteiger partial charge in [-0.05, 0) is 55.2 Å². The molecular weight excluding hydrogens is 452 g/mol. The van der Waals surface area contributed by atoms with Crippen molar-refractivity contribution in [3.8, 4) is 17.1 Å². The summed E-state index contributed by atoms with van der Waals surface area (Å²) >= 11 is 5.90. The van der Waals surface area contributed by atoms with Crippen LogP contribution in [0.1, 0.15) is 38.3 Å². The molecule has 1 saturated heterocycles. The first-order chi connectivity index (χ1) is 15.5. The van der Waals surface area contributed by atoms with E-state index in [-0.39, 0.29) is 23.0 Å². The van der Waals surface area contributed by atoms with Crippen LogP contribution in [0, 0.1) is 11.7 Å². The van der Waals surface area contributed by atoms with Crippen LogP contribution in [0.4, 0.5) is 0 Å². The molecule has 4 rings (SSSR count). The number of sulfone groups is 1. The standard InChI is InChI=1S/C25H32N4O2S2/c1-18-8-6-7-9-22(18)29-23(19-10-12-20(13-11-19)25(2,3)4)26-28(24(29)32)17-27(5)21-14-15-33(30,31)16-21/h6-13,21H,14-17H2,1-5H3. The number of aromatic nitrogens is 3. The normalized spacial score (nSPS) is 18.2. The van der Waals surface area contributed by atoms with Crippen molar-refractivity contribution in [2.75, 3.05) is 18.6 Å². The lowest BCUT2D eigenvalue weighted by molar-refractivity contribution is 0.196. The van der Waals surface area contributed by atoms with Crippen molar-refractivity contribution in [2.45, 2.75) is 52.2 Å². The molecule has 0 spiro atoms. The maximum absolute atomic E-state index is 12.0. The minimum absolute atomic E-state index is 0.0185. The first kappa shape index (κ1) is 23.9. The molecule has 33 heavy (non-hydrogen) atoms. The molecule has 8 heteroatoms. The second-order valence-electron chi connectivity index (χ2n) is 10.0. The number of hydrogen-bond donors (Lipinski definition) is 0. The molecular formula is C25H32N4O2S2. The van der Waals surface area contributed by atoms with Gasteiger partial charge in [-0.15, -0.1) is 5.10 Å². The lowest BCUT2D eigenvalue weighted by Gasteiger charge is -2.22. The molecule has 0 amide bonds. The van der Waals surface area contributed by atoms with E-state index in [1.54, 1.807) is 4.68 Å². The van der Waals surface area contributed by atoms with Gasteiger partial charge >= 0.3 is 0 Å². The molecule has 1 aromatic heterocycles. The highest BCUT2D eigenvalue weighted by molar-refractivity contribution is 7.91. The number of rotatable bonds is 5. The van der Waals surface area contributed by atoms with Gasteiger partial charge in [-0.3, -0.25) is 9.47 Å². The number of aryl methyl sites for hydroxylation is 1. The Balaban J connectivity index is 1.77. The van der Waals surface area contributed by atoms with Gasteiger partial charge < -0.3 is 0 Å². The molecule has 1 unspecified atom stereocenters. The van der Waals surface area contributed by atoms with Crippen molar-refractivity contribution in [3.05, 3.63) is 64.4 Å². The first-order valence-electron chi connectivity index (χ1n) is 11.2. The molecule has 0 saturated carbocycles. The largest absolute Gasteiger partial charge is 0.283 e. The zero-order valence-corrected chi connectivity index (χ0v) is 21.6. The monoisotopic (exact) mass is 484 g/mol. The van der Waals surface area contributed by atoms with Gasteiger partial charge in [0.05, 0.1) is 23.9 Å². The van der Waals surface area contributed by atoms with Crippen LogP contribution in [0.5, 0.6) is 0 Å². The molecule has 0 N–H and O–H groups in total. The highest BCUT2D eigenvalue weighted by Gasteiger charge is 2.31. The molecule has 1 aliphatic heterocycles. The van der Waals surface area contributed by atoms with Crippen molar-refractivity contribution >= 4 is 22.1 Å². The third kappa shape index (κ3) is 4.98. The SMILES string of the molecule is Cc1ccccc1-n1c(-c2ccc(C(C)(C)C)cc2)nn(CN(C)C2CCS(=O)(=O)C2)c1=S. The van der Waals surface area contributed by atoms with Crippen LogP contribution in [0.3, 0.4) is 0 Å². The van der Waals surface area contributed by atoms with Crippen LogP contribution in [0.15, 0.2) is 48.5 Å². The smallest absolute Gasteiger partial charge is 0.204 e. The van der Waals surface area contributed by atoms with Gasteiger partial charge in [-0.2, -0.15) is 0 Å². The molecule has 0 aliphatic carbocycles. The maximum atomic E-state index is 12.0. The van der Waals surface area contributed by atoms with Crippen molar-refractivity contribution in [1.29, 1.82) is 0 Å². The molecule has 3 aromatic rings. The quantitative estimate of drug-likeness (QED) is 0.489. The van der Waals surface area contributed by atoms with Crippen LogP contribution < -0.4 is 0 Å². The average Bonchev–Trinajstić information content (AvgIpc) is 3.27. The molecule has 176 valence electrons. The minimum atomic E-state index is -2.96. The Morgan fingerprint density at radius 1 is 1.12 bits per heavy atom. The maximum Gasteiger partial charge on any atom is 0.204 e. The van der Waals surface area contributed by atoms with E-state index in [9.17, 15) is 8.42 Å². The Hall–Kier alpha value is -2.29. The number of hydrogen-bond acceptors (Lipinski definition) is 5. The molecule has 6 nitrogen and oxygen atoms in total. The summed E-state index contributed by atoms with van der Waals surface area (Å²) in [6, 6.07) is 16.6. The predicted molar refractivity (Wildman–Crippen MR) is 136 cm³/mol. The summed E-state index contributed by atoms with van der Waals surface area (Å²) in [5.74, 6) is 1.22. The summed E-state index contributed by atoms with van der Waals surface area (Å²) in [7, 11) is -1.01. The fourth-order valence-electron chi connectivity index (χ4n) is 4.29. The zero-order chi connectivity index (χ0) is 24.0. The molecule has 1 fully saturated rings. The lowest BCUT2D eigenvalue weighted by atomic mass is 9.87. The Morgan fingerprint density at radius 2 is 1.79 bits per heavy atom. The van der Waals surface area contributed by atoms with Gasteiger partial charge in [0.15, 0.2) is 15.7 Å². The third-order valence-corrected chi connectivity index (χ3v) is 8.54. The van der Waals surface area contributed by atoms with E-state index in [0.29, 0.717) is 17.9 Å². The van der Waals surface area contributed by atoms with Gasteiger partial charge in [0.1, 0.15) is 0 Å². The van der Waals surface area contributed by atoms with E-state index in [4.69, 9.17) is 17.3 Å². The molecule has 2 heterocycles.